The molecule has 0 spiro atoms. The van der Waals surface area contributed by atoms with Crippen molar-refractivity contribution in [1.29, 1.82) is 0 Å². The Morgan fingerprint density at radius 2 is 2.46 bits per heavy atom. The zero-order valence-electron chi connectivity index (χ0n) is 8.38. The lowest BCUT2D eigenvalue weighted by molar-refractivity contribution is -0.169. The molecule has 1 aliphatic rings. The van der Waals surface area contributed by atoms with E-state index in [1.54, 1.807) is 7.05 Å². The Balaban J connectivity index is 2.26. The molecule has 1 atom stereocenters. The topological polar surface area (TPSA) is 41.6 Å². The van der Waals surface area contributed by atoms with Gasteiger partial charge in [0.15, 0.2) is 0 Å². The Bertz CT molecular complexity index is 167. The Labute approximate surface area is 79.2 Å². The van der Waals surface area contributed by atoms with Crippen LogP contribution < -0.4 is 5.32 Å². The zero-order valence-corrected chi connectivity index (χ0v) is 8.38. The van der Waals surface area contributed by atoms with Gasteiger partial charge in [-0.05, 0) is 31.8 Å². The molecule has 0 aromatic rings. The molecular formula is C9H18N2O2. The number of hydroxylamine groups is 2. The molecule has 1 heterocycles. The van der Waals surface area contributed by atoms with Crippen LogP contribution in [0, 0.1) is 5.92 Å². The SMILES string of the molecule is CON(C)C(=O)CC1CCCNC1. The van der Waals surface area contributed by atoms with E-state index < -0.39 is 0 Å². The minimum Gasteiger partial charge on any atom is -0.316 e. The normalized spacial score (nSPS) is 22.8. The number of hydrogen-bond donors (Lipinski definition) is 1. The predicted octanol–water partition coefficient (Wildman–Crippen LogP) is 0.396. The van der Waals surface area contributed by atoms with E-state index in [1.165, 1.54) is 18.6 Å². The van der Waals surface area contributed by atoms with Crippen molar-refractivity contribution in [2.24, 2.45) is 5.92 Å². The van der Waals surface area contributed by atoms with Crippen LogP contribution in [0.1, 0.15) is 19.3 Å². The van der Waals surface area contributed by atoms with Gasteiger partial charge in [0.25, 0.3) is 0 Å². The van der Waals surface area contributed by atoms with E-state index in [1.807, 2.05) is 0 Å². The predicted molar refractivity (Wildman–Crippen MR) is 50.0 cm³/mol. The third kappa shape index (κ3) is 3.32. The fraction of sp³-hybridized carbons (Fsp3) is 0.889. The smallest absolute Gasteiger partial charge is 0.246 e. The molecule has 1 rings (SSSR count). The monoisotopic (exact) mass is 186 g/mol. The summed E-state index contributed by atoms with van der Waals surface area (Å²) in [5.41, 5.74) is 0. The first-order valence-electron chi connectivity index (χ1n) is 4.75. The van der Waals surface area contributed by atoms with Crippen LogP contribution >= 0.6 is 0 Å². The fourth-order valence-electron chi connectivity index (χ4n) is 1.58. The zero-order chi connectivity index (χ0) is 9.68. The molecule has 0 aromatic carbocycles. The third-order valence-electron chi connectivity index (χ3n) is 2.49. The van der Waals surface area contributed by atoms with E-state index in [-0.39, 0.29) is 5.91 Å². The molecule has 76 valence electrons. The summed E-state index contributed by atoms with van der Waals surface area (Å²) >= 11 is 0. The Morgan fingerprint density at radius 1 is 1.69 bits per heavy atom. The minimum absolute atomic E-state index is 0.0659. The summed E-state index contributed by atoms with van der Waals surface area (Å²) in [6, 6.07) is 0. The maximum absolute atomic E-state index is 11.4. The standard InChI is InChI=1S/C9H18N2O2/c1-11(13-2)9(12)6-8-4-3-5-10-7-8/h8,10H,3-7H2,1-2H3. The van der Waals surface area contributed by atoms with Crippen LogP contribution in [0.15, 0.2) is 0 Å². The van der Waals surface area contributed by atoms with Gasteiger partial charge in [-0.25, -0.2) is 5.06 Å². The van der Waals surface area contributed by atoms with Crippen LogP contribution in [0.2, 0.25) is 0 Å². The lowest BCUT2D eigenvalue weighted by Gasteiger charge is -2.23. The van der Waals surface area contributed by atoms with Crippen LogP contribution in [-0.4, -0.2) is 38.2 Å². The van der Waals surface area contributed by atoms with Gasteiger partial charge in [0, 0.05) is 13.5 Å². The summed E-state index contributed by atoms with van der Waals surface area (Å²) in [6.07, 6.45) is 2.92. The van der Waals surface area contributed by atoms with Gasteiger partial charge in [0.1, 0.15) is 0 Å². The van der Waals surface area contributed by atoms with Crippen LogP contribution in [0.5, 0.6) is 0 Å². The first-order chi connectivity index (χ1) is 6.24. The summed E-state index contributed by atoms with van der Waals surface area (Å²) < 4.78 is 0. The fourth-order valence-corrected chi connectivity index (χ4v) is 1.58. The lowest BCUT2D eigenvalue weighted by atomic mass is 9.96. The number of amides is 1. The number of nitrogens with zero attached hydrogens (tertiary/aromatic N) is 1. The molecular weight excluding hydrogens is 168 g/mol. The lowest BCUT2D eigenvalue weighted by Crippen LogP contribution is -2.34. The van der Waals surface area contributed by atoms with E-state index in [2.05, 4.69) is 5.32 Å². The van der Waals surface area contributed by atoms with Gasteiger partial charge in [-0.2, -0.15) is 0 Å². The highest BCUT2D eigenvalue weighted by Crippen LogP contribution is 2.14. The summed E-state index contributed by atoms with van der Waals surface area (Å²) in [4.78, 5) is 16.2. The maximum atomic E-state index is 11.4. The Morgan fingerprint density at radius 3 is 3.00 bits per heavy atom. The molecule has 4 nitrogen and oxygen atoms in total. The average molecular weight is 186 g/mol. The first-order valence-corrected chi connectivity index (χ1v) is 4.75. The van der Waals surface area contributed by atoms with E-state index in [9.17, 15) is 4.79 Å². The van der Waals surface area contributed by atoms with Gasteiger partial charge >= 0.3 is 0 Å². The van der Waals surface area contributed by atoms with Crippen molar-refractivity contribution < 1.29 is 9.63 Å². The van der Waals surface area contributed by atoms with Crippen molar-refractivity contribution >= 4 is 5.91 Å². The molecule has 1 saturated heterocycles. The summed E-state index contributed by atoms with van der Waals surface area (Å²) in [6.45, 7) is 2.05. The third-order valence-corrected chi connectivity index (χ3v) is 2.49. The van der Waals surface area contributed by atoms with Crippen molar-refractivity contribution in [3.63, 3.8) is 0 Å². The largest absolute Gasteiger partial charge is 0.316 e. The van der Waals surface area contributed by atoms with Crippen molar-refractivity contribution in [3.05, 3.63) is 0 Å². The summed E-state index contributed by atoms with van der Waals surface area (Å²) in [7, 11) is 3.16. The van der Waals surface area contributed by atoms with Crippen LogP contribution in [0.3, 0.4) is 0 Å². The van der Waals surface area contributed by atoms with E-state index in [0.717, 1.165) is 19.5 Å². The minimum atomic E-state index is 0.0659. The molecule has 13 heavy (non-hydrogen) atoms. The molecule has 1 aliphatic heterocycles. The molecule has 1 fully saturated rings. The first kappa shape index (κ1) is 10.5. The van der Waals surface area contributed by atoms with Crippen molar-refractivity contribution in [3.8, 4) is 0 Å². The van der Waals surface area contributed by atoms with Gasteiger partial charge in [-0.3, -0.25) is 9.63 Å². The van der Waals surface area contributed by atoms with Crippen LogP contribution in [0.25, 0.3) is 0 Å². The summed E-state index contributed by atoms with van der Waals surface area (Å²) in [5, 5.41) is 4.59. The number of piperidine rings is 1. The molecule has 1 unspecified atom stereocenters. The molecule has 1 amide bonds. The van der Waals surface area contributed by atoms with Crippen LogP contribution in [0.4, 0.5) is 0 Å². The van der Waals surface area contributed by atoms with Crippen molar-refractivity contribution in [2.45, 2.75) is 19.3 Å². The molecule has 0 bridgehead atoms. The van der Waals surface area contributed by atoms with E-state index in [0.29, 0.717) is 12.3 Å². The molecule has 1 N–H and O–H groups in total. The molecule has 0 saturated carbocycles. The second kappa shape index (κ2) is 5.19. The molecule has 4 heteroatoms. The van der Waals surface area contributed by atoms with E-state index in [4.69, 9.17) is 4.84 Å². The number of nitrogens with one attached hydrogen (secondary N) is 1. The Kier molecular flexibility index (Phi) is 4.18. The number of carbonyl (C=O) groups excluding carboxylic acids is 1. The van der Waals surface area contributed by atoms with Gasteiger partial charge < -0.3 is 5.32 Å². The molecule has 0 radical (unpaired) electrons. The Hall–Kier alpha value is -0.610. The van der Waals surface area contributed by atoms with Crippen LogP contribution in [-0.2, 0) is 9.63 Å². The average Bonchev–Trinajstić information content (AvgIpc) is 2.18. The van der Waals surface area contributed by atoms with Gasteiger partial charge in [0.2, 0.25) is 5.91 Å². The molecule has 0 aliphatic carbocycles. The quantitative estimate of drug-likeness (QED) is 0.648. The number of hydrogen-bond acceptors (Lipinski definition) is 3. The van der Waals surface area contributed by atoms with Crippen molar-refractivity contribution in [1.82, 2.24) is 10.4 Å². The second-order valence-electron chi connectivity index (χ2n) is 3.49. The van der Waals surface area contributed by atoms with Gasteiger partial charge in [-0.15, -0.1) is 0 Å². The highest BCUT2D eigenvalue weighted by atomic mass is 16.7. The van der Waals surface area contributed by atoms with E-state index >= 15 is 0 Å². The highest BCUT2D eigenvalue weighted by molar-refractivity contribution is 5.75. The highest BCUT2D eigenvalue weighted by Gasteiger charge is 2.18. The molecule has 0 aromatic heterocycles. The number of carbonyl (C=O) groups is 1. The number of rotatable bonds is 3. The van der Waals surface area contributed by atoms with Gasteiger partial charge in [-0.1, -0.05) is 0 Å². The van der Waals surface area contributed by atoms with Crippen molar-refractivity contribution in [2.75, 3.05) is 27.2 Å². The maximum Gasteiger partial charge on any atom is 0.246 e. The second-order valence-corrected chi connectivity index (χ2v) is 3.49. The summed E-state index contributed by atoms with van der Waals surface area (Å²) in [5.74, 6) is 0.551. The van der Waals surface area contributed by atoms with Gasteiger partial charge in [0.05, 0.1) is 7.11 Å².